The highest BCUT2D eigenvalue weighted by molar-refractivity contribution is 5.40. The van der Waals surface area contributed by atoms with Crippen molar-refractivity contribution in [3.05, 3.63) is 70.3 Å². The van der Waals surface area contributed by atoms with Gasteiger partial charge in [-0.1, -0.05) is 112 Å². The summed E-state index contributed by atoms with van der Waals surface area (Å²) >= 11 is 0. The quantitative estimate of drug-likeness (QED) is 0.518. The number of hydrogen-bond acceptors (Lipinski definition) is 0. The van der Waals surface area contributed by atoms with E-state index in [1.165, 1.54) is 27.8 Å². The van der Waals surface area contributed by atoms with Gasteiger partial charge in [-0.2, -0.15) is 0 Å². The second-order valence-corrected chi connectivity index (χ2v) is 11.4. The third-order valence-corrected chi connectivity index (χ3v) is 5.63. The molecule has 0 N–H and O–H groups in total. The number of benzene rings is 2. The van der Waals surface area contributed by atoms with Crippen LogP contribution < -0.4 is 0 Å². The summed E-state index contributed by atoms with van der Waals surface area (Å²) in [4.78, 5) is 0. The molecule has 0 fully saturated rings. The third kappa shape index (κ3) is 5.47. The highest BCUT2D eigenvalue weighted by Gasteiger charge is 2.23. The zero-order valence-corrected chi connectivity index (χ0v) is 19.3. The van der Waals surface area contributed by atoms with E-state index in [0.29, 0.717) is 5.92 Å². The highest BCUT2D eigenvalue weighted by Crippen LogP contribution is 2.34. The molecule has 0 heteroatoms. The van der Waals surface area contributed by atoms with Crippen molar-refractivity contribution in [2.24, 2.45) is 0 Å². The monoisotopic (exact) mass is 364 g/mol. The summed E-state index contributed by atoms with van der Waals surface area (Å²) in [6.45, 7) is 23.1. The molecule has 0 aliphatic rings. The van der Waals surface area contributed by atoms with Crippen molar-refractivity contribution in [1.29, 1.82) is 0 Å². The van der Waals surface area contributed by atoms with Crippen LogP contribution in [0.25, 0.3) is 0 Å². The first-order chi connectivity index (χ1) is 12.2. The van der Waals surface area contributed by atoms with E-state index in [1.54, 1.807) is 0 Å². The van der Waals surface area contributed by atoms with Crippen LogP contribution in [0.2, 0.25) is 0 Å². The largest absolute Gasteiger partial charge is 0.0617 e. The van der Waals surface area contributed by atoms with Gasteiger partial charge in [0.1, 0.15) is 0 Å². The Morgan fingerprint density at radius 1 is 0.667 bits per heavy atom. The molecule has 27 heavy (non-hydrogen) atoms. The van der Waals surface area contributed by atoms with E-state index in [-0.39, 0.29) is 16.2 Å². The Morgan fingerprint density at radius 3 is 1.74 bits per heavy atom. The van der Waals surface area contributed by atoms with Gasteiger partial charge >= 0.3 is 0 Å². The molecule has 0 aliphatic carbocycles. The SMILES string of the molecule is CC(Cc1cc(C(C)(C)C)ccc1C(C)(C)C)c1cccc(C(C)(C)C)c1. The van der Waals surface area contributed by atoms with Crippen LogP contribution in [-0.4, -0.2) is 0 Å². The lowest BCUT2D eigenvalue weighted by atomic mass is 9.77. The van der Waals surface area contributed by atoms with Crippen LogP contribution in [-0.2, 0) is 22.7 Å². The van der Waals surface area contributed by atoms with Crippen LogP contribution in [0.1, 0.15) is 103 Å². The lowest BCUT2D eigenvalue weighted by Gasteiger charge is -2.28. The molecule has 2 rings (SSSR count). The van der Waals surface area contributed by atoms with Crippen LogP contribution in [0.4, 0.5) is 0 Å². The van der Waals surface area contributed by atoms with Gasteiger partial charge < -0.3 is 0 Å². The van der Waals surface area contributed by atoms with Gasteiger partial charge in [-0.05, 0) is 56.4 Å². The molecule has 0 amide bonds. The molecule has 2 aromatic rings. The van der Waals surface area contributed by atoms with Gasteiger partial charge in [0.05, 0.1) is 0 Å². The lowest BCUT2D eigenvalue weighted by molar-refractivity contribution is 0.565. The van der Waals surface area contributed by atoms with Crippen molar-refractivity contribution in [2.75, 3.05) is 0 Å². The lowest BCUT2D eigenvalue weighted by Crippen LogP contribution is -2.18. The van der Waals surface area contributed by atoms with Crippen molar-refractivity contribution >= 4 is 0 Å². The smallest absolute Gasteiger partial charge is 0.0129 e. The van der Waals surface area contributed by atoms with E-state index < -0.39 is 0 Å². The van der Waals surface area contributed by atoms with E-state index in [4.69, 9.17) is 0 Å². The van der Waals surface area contributed by atoms with Crippen LogP contribution in [0.5, 0.6) is 0 Å². The minimum absolute atomic E-state index is 0.165. The highest BCUT2D eigenvalue weighted by atomic mass is 14.3. The average Bonchev–Trinajstić information content (AvgIpc) is 2.52. The average molecular weight is 365 g/mol. The van der Waals surface area contributed by atoms with Crippen molar-refractivity contribution in [2.45, 2.75) is 97.8 Å². The van der Waals surface area contributed by atoms with Crippen LogP contribution in [0, 0.1) is 0 Å². The fraction of sp³-hybridized carbons (Fsp3) is 0.556. The summed E-state index contributed by atoms with van der Waals surface area (Å²) in [5.74, 6) is 0.503. The van der Waals surface area contributed by atoms with Crippen molar-refractivity contribution in [3.63, 3.8) is 0 Å². The van der Waals surface area contributed by atoms with Crippen molar-refractivity contribution in [1.82, 2.24) is 0 Å². The van der Waals surface area contributed by atoms with Crippen LogP contribution in [0.15, 0.2) is 42.5 Å². The molecule has 0 radical (unpaired) electrons. The second-order valence-electron chi connectivity index (χ2n) is 11.4. The summed E-state index contributed by atoms with van der Waals surface area (Å²) in [5, 5.41) is 0. The van der Waals surface area contributed by atoms with E-state index in [1.807, 2.05) is 0 Å². The van der Waals surface area contributed by atoms with Gasteiger partial charge in [0.25, 0.3) is 0 Å². The summed E-state index contributed by atoms with van der Waals surface area (Å²) in [7, 11) is 0. The minimum Gasteiger partial charge on any atom is -0.0617 e. The molecule has 0 saturated carbocycles. The van der Waals surface area contributed by atoms with E-state index in [9.17, 15) is 0 Å². The molecule has 0 spiro atoms. The van der Waals surface area contributed by atoms with Gasteiger partial charge in [-0.3, -0.25) is 0 Å². The molecule has 0 bridgehead atoms. The Kier molecular flexibility index (Phi) is 6.00. The molecule has 0 heterocycles. The first-order valence-electron chi connectivity index (χ1n) is 10.4. The molecule has 0 saturated heterocycles. The fourth-order valence-corrected chi connectivity index (χ4v) is 3.72. The first kappa shape index (κ1) is 21.7. The topological polar surface area (TPSA) is 0 Å². The number of rotatable bonds is 3. The Morgan fingerprint density at radius 2 is 1.22 bits per heavy atom. The maximum atomic E-state index is 2.46. The fourth-order valence-electron chi connectivity index (χ4n) is 3.72. The Hall–Kier alpha value is -1.56. The summed E-state index contributed by atoms with van der Waals surface area (Å²) in [6.07, 6.45) is 1.09. The standard InChI is InChI=1S/C27H40/c1-19(20-12-11-13-22(17-20)25(2,3)4)16-21-18-23(26(5,6)7)14-15-24(21)27(8,9)10/h11-15,17-19H,16H2,1-10H3. The predicted molar refractivity (Wildman–Crippen MR) is 121 cm³/mol. The predicted octanol–water partition coefficient (Wildman–Crippen LogP) is 7.93. The zero-order chi connectivity index (χ0) is 20.6. The van der Waals surface area contributed by atoms with Gasteiger partial charge in [0, 0.05) is 0 Å². The van der Waals surface area contributed by atoms with Gasteiger partial charge in [0.15, 0.2) is 0 Å². The summed E-state index contributed by atoms with van der Waals surface area (Å²) in [6, 6.07) is 16.4. The van der Waals surface area contributed by atoms with Crippen molar-refractivity contribution in [3.8, 4) is 0 Å². The third-order valence-electron chi connectivity index (χ3n) is 5.63. The first-order valence-corrected chi connectivity index (χ1v) is 10.4. The van der Waals surface area contributed by atoms with Gasteiger partial charge in [-0.15, -0.1) is 0 Å². The van der Waals surface area contributed by atoms with Gasteiger partial charge in [-0.25, -0.2) is 0 Å². The molecule has 0 aliphatic heterocycles. The Balaban J connectivity index is 2.43. The van der Waals surface area contributed by atoms with Crippen molar-refractivity contribution < 1.29 is 0 Å². The molecule has 1 atom stereocenters. The molecule has 0 aromatic heterocycles. The van der Waals surface area contributed by atoms with E-state index in [2.05, 4.69) is 112 Å². The maximum absolute atomic E-state index is 2.46. The molecular weight excluding hydrogens is 324 g/mol. The summed E-state index contributed by atoms with van der Waals surface area (Å²) < 4.78 is 0. The molecule has 0 nitrogen and oxygen atoms in total. The Bertz CT molecular complexity index is 773. The Labute approximate surface area is 168 Å². The summed E-state index contributed by atoms with van der Waals surface area (Å²) in [5.41, 5.74) is 7.83. The van der Waals surface area contributed by atoms with Crippen LogP contribution in [0.3, 0.4) is 0 Å². The van der Waals surface area contributed by atoms with Crippen LogP contribution >= 0.6 is 0 Å². The number of hydrogen-bond donors (Lipinski definition) is 0. The minimum atomic E-state index is 0.165. The second kappa shape index (κ2) is 7.46. The van der Waals surface area contributed by atoms with Gasteiger partial charge in [0.2, 0.25) is 0 Å². The molecule has 148 valence electrons. The maximum Gasteiger partial charge on any atom is -0.0129 e. The molecule has 1 unspecified atom stereocenters. The van der Waals surface area contributed by atoms with E-state index >= 15 is 0 Å². The zero-order valence-electron chi connectivity index (χ0n) is 19.3. The molecule has 2 aromatic carbocycles. The normalized spacial score (nSPS) is 14.3. The van der Waals surface area contributed by atoms with E-state index in [0.717, 1.165) is 6.42 Å². The molecular formula is C27H40.